The third kappa shape index (κ3) is 2.20. The molecule has 0 fully saturated rings. The maximum Gasteiger partial charge on any atom is 0.257 e. The summed E-state index contributed by atoms with van der Waals surface area (Å²) in [6.07, 6.45) is 1.57. The van der Waals surface area contributed by atoms with Gasteiger partial charge >= 0.3 is 0 Å². The van der Waals surface area contributed by atoms with E-state index in [-0.39, 0.29) is 5.56 Å². The van der Waals surface area contributed by atoms with E-state index in [1.807, 2.05) is 0 Å². The average molecular weight is 220 g/mol. The second kappa shape index (κ2) is 4.76. The van der Waals surface area contributed by atoms with Gasteiger partial charge in [-0.15, -0.1) is 0 Å². The number of rotatable bonds is 4. The van der Waals surface area contributed by atoms with Crippen molar-refractivity contribution in [3.05, 3.63) is 34.7 Å². The van der Waals surface area contributed by atoms with Gasteiger partial charge in [0.1, 0.15) is 6.61 Å². The molecule has 16 heavy (non-hydrogen) atoms. The third-order valence-electron chi connectivity index (χ3n) is 2.14. The minimum atomic E-state index is -0.145. The molecule has 2 aromatic heterocycles. The number of hydrogen-bond donors (Lipinski definition) is 1. The Labute approximate surface area is 92.0 Å². The van der Waals surface area contributed by atoms with Crippen LogP contribution in [0.15, 0.2) is 29.2 Å². The summed E-state index contributed by atoms with van der Waals surface area (Å²) in [4.78, 5) is 18.2. The van der Waals surface area contributed by atoms with Gasteiger partial charge in [0.15, 0.2) is 0 Å². The second-order valence-electron chi connectivity index (χ2n) is 3.23. The molecule has 0 atom stereocenters. The molecule has 2 heterocycles. The highest BCUT2D eigenvalue weighted by atomic mass is 16.5. The first-order valence-electron chi connectivity index (χ1n) is 4.91. The molecule has 0 saturated carbocycles. The van der Waals surface area contributed by atoms with E-state index in [1.54, 1.807) is 31.5 Å². The maximum atomic E-state index is 11.4. The summed E-state index contributed by atoms with van der Waals surface area (Å²) in [6.45, 7) is 0.952. The number of hydrogen-bond acceptors (Lipinski definition) is 4. The molecule has 0 spiro atoms. The second-order valence-corrected chi connectivity index (χ2v) is 3.23. The van der Waals surface area contributed by atoms with Crippen molar-refractivity contribution in [1.29, 1.82) is 0 Å². The molecule has 0 aliphatic carbocycles. The number of fused-ring (bicyclic) bond motifs is 1. The third-order valence-corrected chi connectivity index (χ3v) is 2.14. The lowest BCUT2D eigenvalue weighted by Crippen LogP contribution is -2.08. The lowest BCUT2D eigenvalue weighted by atomic mass is 10.3. The van der Waals surface area contributed by atoms with E-state index in [0.717, 1.165) is 0 Å². The molecule has 5 nitrogen and oxygen atoms in total. The number of methoxy groups -OCH3 is 1. The molecule has 0 radical (unpaired) electrons. The van der Waals surface area contributed by atoms with Crippen molar-refractivity contribution < 1.29 is 9.47 Å². The van der Waals surface area contributed by atoms with Gasteiger partial charge in [-0.05, 0) is 12.1 Å². The molecular formula is C11H12N2O3. The Morgan fingerprint density at radius 3 is 3.00 bits per heavy atom. The molecule has 0 unspecified atom stereocenters. The number of nitrogens with zero attached hydrogens (tertiary/aromatic N) is 1. The van der Waals surface area contributed by atoms with Crippen LogP contribution in [-0.4, -0.2) is 30.3 Å². The number of pyridine rings is 2. The Morgan fingerprint density at radius 2 is 2.19 bits per heavy atom. The first kappa shape index (κ1) is 10.6. The Morgan fingerprint density at radius 1 is 1.31 bits per heavy atom. The Kier molecular flexibility index (Phi) is 3.16. The van der Waals surface area contributed by atoms with Crippen LogP contribution in [0.2, 0.25) is 0 Å². The van der Waals surface area contributed by atoms with Crippen molar-refractivity contribution in [3.63, 3.8) is 0 Å². The van der Waals surface area contributed by atoms with Gasteiger partial charge in [0.25, 0.3) is 5.56 Å². The summed E-state index contributed by atoms with van der Waals surface area (Å²) >= 11 is 0. The Hall–Kier alpha value is -1.88. The average Bonchev–Trinajstić information content (AvgIpc) is 2.30. The topological polar surface area (TPSA) is 64.2 Å². The lowest BCUT2D eigenvalue weighted by molar-refractivity contribution is 0.144. The van der Waals surface area contributed by atoms with E-state index < -0.39 is 0 Å². The summed E-state index contributed by atoms with van der Waals surface area (Å²) in [6, 6.07) is 5.11. The highest BCUT2D eigenvalue weighted by Crippen LogP contribution is 2.12. The number of aromatic amines is 1. The van der Waals surface area contributed by atoms with Gasteiger partial charge in [-0.2, -0.15) is 0 Å². The molecule has 5 heteroatoms. The molecule has 0 bridgehead atoms. The fraction of sp³-hybridized carbons (Fsp3) is 0.273. The summed E-state index contributed by atoms with van der Waals surface area (Å²) < 4.78 is 10.2. The summed E-state index contributed by atoms with van der Waals surface area (Å²) in [5.74, 6) is 0.496. The van der Waals surface area contributed by atoms with E-state index in [2.05, 4.69) is 9.97 Å². The van der Waals surface area contributed by atoms with Crippen molar-refractivity contribution in [2.45, 2.75) is 0 Å². The highest BCUT2D eigenvalue weighted by molar-refractivity contribution is 5.77. The van der Waals surface area contributed by atoms with Crippen LogP contribution in [0.3, 0.4) is 0 Å². The molecule has 2 rings (SSSR count). The van der Waals surface area contributed by atoms with Crippen molar-refractivity contribution in [2.75, 3.05) is 20.3 Å². The molecule has 0 aliphatic heterocycles. The van der Waals surface area contributed by atoms with Gasteiger partial charge in [0.2, 0.25) is 5.88 Å². The van der Waals surface area contributed by atoms with Crippen LogP contribution >= 0.6 is 0 Å². The summed E-state index contributed by atoms with van der Waals surface area (Å²) in [5, 5.41) is 0.557. The first-order valence-corrected chi connectivity index (χ1v) is 4.91. The van der Waals surface area contributed by atoms with E-state index in [9.17, 15) is 4.79 Å². The first-order chi connectivity index (χ1) is 7.81. The van der Waals surface area contributed by atoms with Gasteiger partial charge in [-0.3, -0.25) is 4.79 Å². The van der Waals surface area contributed by atoms with Gasteiger partial charge in [0, 0.05) is 19.4 Å². The quantitative estimate of drug-likeness (QED) is 0.779. The minimum Gasteiger partial charge on any atom is -0.475 e. The Bertz CT molecular complexity index is 536. The van der Waals surface area contributed by atoms with Crippen molar-refractivity contribution in [1.82, 2.24) is 9.97 Å². The summed E-state index contributed by atoms with van der Waals surface area (Å²) in [7, 11) is 1.61. The predicted octanol–water partition coefficient (Wildman–Crippen LogP) is 0.948. The smallest absolute Gasteiger partial charge is 0.257 e. The van der Waals surface area contributed by atoms with Gasteiger partial charge in [0.05, 0.1) is 17.5 Å². The zero-order valence-corrected chi connectivity index (χ0v) is 8.90. The standard InChI is InChI=1S/C11H12N2O3/c1-15-6-7-16-10-3-2-8-9(13-10)4-5-12-11(8)14/h2-5H,6-7H2,1H3,(H,12,14). The largest absolute Gasteiger partial charge is 0.475 e. The number of aromatic nitrogens is 2. The van der Waals surface area contributed by atoms with Crippen LogP contribution in [0.4, 0.5) is 0 Å². The van der Waals surface area contributed by atoms with Crippen LogP contribution in [0.5, 0.6) is 5.88 Å². The van der Waals surface area contributed by atoms with E-state index in [1.165, 1.54) is 0 Å². The molecule has 0 amide bonds. The lowest BCUT2D eigenvalue weighted by Gasteiger charge is -2.04. The molecule has 0 aliphatic rings. The van der Waals surface area contributed by atoms with Gasteiger partial charge in [-0.25, -0.2) is 4.98 Å². The minimum absolute atomic E-state index is 0.145. The van der Waals surface area contributed by atoms with Crippen LogP contribution in [-0.2, 0) is 4.74 Å². The number of nitrogens with one attached hydrogen (secondary N) is 1. The monoisotopic (exact) mass is 220 g/mol. The normalized spacial score (nSPS) is 10.6. The van der Waals surface area contributed by atoms with Crippen LogP contribution in [0.1, 0.15) is 0 Å². The number of ether oxygens (including phenoxy) is 2. The SMILES string of the molecule is COCCOc1ccc2c(=O)[nH]ccc2n1. The van der Waals surface area contributed by atoms with Crippen molar-refractivity contribution in [2.24, 2.45) is 0 Å². The fourth-order valence-corrected chi connectivity index (χ4v) is 1.36. The van der Waals surface area contributed by atoms with Crippen LogP contribution in [0.25, 0.3) is 10.9 Å². The van der Waals surface area contributed by atoms with Crippen molar-refractivity contribution >= 4 is 10.9 Å². The Balaban J connectivity index is 2.27. The van der Waals surface area contributed by atoms with Crippen LogP contribution in [0, 0.1) is 0 Å². The van der Waals surface area contributed by atoms with Gasteiger partial charge < -0.3 is 14.5 Å². The van der Waals surface area contributed by atoms with Crippen molar-refractivity contribution in [3.8, 4) is 5.88 Å². The number of H-pyrrole nitrogens is 1. The molecule has 0 saturated heterocycles. The molecule has 1 N–H and O–H groups in total. The fourth-order valence-electron chi connectivity index (χ4n) is 1.36. The molecule has 2 aromatic rings. The molecule has 0 aromatic carbocycles. The van der Waals surface area contributed by atoms with Gasteiger partial charge in [-0.1, -0.05) is 0 Å². The molecule has 84 valence electrons. The van der Waals surface area contributed by atoms with E-state index in [0.29, 0.717) is 30.0 Å². The highest BCUT2D eigenvalue weighted by Gasteiger charge is 2.01. The zero-order valence-electron chi connectivity index (χ0n) is 8.90. The van der Waals surface area contributed by atoms with E-state index >= 15 is 0 Å². The zero-order chi connectivity index (χ0) is 11.4. The predicted molar refractivity (Wildman–Crippen MR) is 59.7 cm³/mol. The maximum absolute atomic E-state index is 11.4. The molecular weight excluding hydrogens is 208 g/mol. The van der Waals surface area contributed by atoms with E-state index in [4.69, 9.17) is 9.47 Å². The van der Waals surface area contributed by atoms with Crippen LogP contribution < -0.4 is 10.3 Å². The summed E-state index contributed by atoms with van der Waals surface area (Å²) in [5.41, 5.74) is 0.479.